The maximum absolute atomic E-state index is 11.5. The highest BCUT2D eigenvalue weighted by atomic mass is 16.5. The fraction of sp³-hybridized carbons (Fsp3) is 0.167. The molecule has 0 radical (unpaired) electrons. The summed E-state index contributed by atoms with van der Waals surface area (Å²) in [6.45, 7) is 4.03. The van der Waals surface area contributed by atoms with E-state index in [2.05, 4.69) is 30.8 Å². The van der Waals surface area contributed by atoms with Gasteiger partial charge >= 0.3 is 5.97 Å². The van der Waals surface area contributed by atoms with Crippen LogP contribution in [-0.2, 0) is 14.9 Å². The molecule has 2 aromatic carbocycles. The average molecular weight is 264 g/mol. The first-order chi connectivity index (χ1) is 9.73. The Hall–Kier alpha value is -2.35. The van der Waals surface area contributed by atoms with Gasteiger partial charge in [-0.2, -0.15) is 0 Å². The number of carbonyl (C=O) groups excluding carboxylic acids is 1. The molecule has 0 aromatic heterocycles. The molecule has 1 saturated heterocycles. The molecule has 1 fully saturated rings. The number of benzene rings is 2. The van der Waals surface area contributed by atoms with E-state index in [4.69, 9.17) is 4.74 Å². The molecule has 20 heavy (non-hydrogen) atoms. The van der Waals surface area contributed by atoms with Gasteiger partial charge in [-0.15, -0.1) is 0 Å². The second-order valence-electron chi connectivity index (χ2n) is 5.03. The molecule has 0 aliphatic carbocycles. The zero-order chi connectivity index (χ0) is 14.0. The molecule has 2 nitrogen and oxygen atoms in total. The number of ether oxygens (including phenoxy) is 1. The molecule has 1 aliphatic heterocycles. The van der Waals surface area contributed by atoms with E-state index in [1.54, 1.807) is 0 Å². The number of rotatable bonds is 2. The topological polar surface area (TPSA) is 26.3 Å². The number of hydrogen-bond donors (Lipinski definition) is 0. The van der Waals surface area contributed by atoms with E-state index in [9.17, 15) is 4.79 Å². The van der Waals surface area contributed by atoms with Crippen LogP contribution in [0.1, 0.15) is 24.0 Å². The molecule has 1 heterocycles. The van der Waals surface area contributed by atoms with Crippen LogP contribution in [0.25, 0.3) is 0 Å². The molecule has 2 heteroatoms. The van der Waals surface area contributed by atoms with Crippen molar-refractivity contribution in [2.45, 2.75) is 18.3 Å². The van der Waals surface area contributed by atoms with E-state index in [0.717, 1.165) is 11.1 Å². The van der Waals surface area contributed by atoms with Gasteiger partial charge in [0.05, 0.1) is 5.41 Å². The highest BCUT2D eigenvalue weighted by Crippen LogP contribution is 2.45. The minimum Gasteiger partial charge on any atom is -0.430 e. The van der Waals surface area contributed by atoms with Crippen molar-refractivity contribution in [1.82, 2.24) is 0 Å². The van der Waals surface area contributed by atoms with Gasteiger partial charge in [-0.1, -0.05) is 67.2 Å². The lowest BCUT2D eigenvalue weighted by atomic mass is 9.69. The summed E-state index contributed by atoms with van der Waals surface area (Å²) in [4.78, 5) is 11.5. The van der Waals surface area contributed by atoms with E-state index >= 15 is 0 Å². The molecule has 0 atom stereocenters. The zero-order valence-electron chi connectivity index (χ0n) is 11.2. The molecular formula is C18H16O2. The summed E-state index contributed by atoms with van der Waals surface area (Å²) in [5.74, 6) is 0.323. The van der Waals surface area contributed by atoms with Gasteiger partial charge in [0.2, 0.25) is 0 Å². The summed E-state index contributed by atoms with van der Waals surface area (Å²) in [7, 11) is 0. The maximum atomic E-state index is 11.5. The highest BCUT2D eigenvalue weighted by molar-refractivity contribution is 5.74. The second kappa shape index (κ2) is 4.97. The van der Waals surface area contributed by atoms with E-state index in [1.807, 2.05) is 36.4 Å². The maximum Gasteiger partial charge on any atom is 0.310 e. The van der Waals surface area contributed by atoms with Gasteiger partial charge in [0, 0.05) is 6.42 Å². The number of esters is 1. The first-order valence-electron chi connectivity index (χ1n) is 6.74. The van der Waals surface area contributed by atoms with Gasteiger partial charge in [-0.3, -0.25) is 4.79 Å². The van der Waals surface area contributed by atoms with Crippen molar-refractivity contribution in [3.8, 4) is 0 Å². The van der Waals surface area contributed by atoms with Crippen LogP contribution in [0, 0.1) is 0 Å². The van der Waals surface area contributed by atoms with Crippen molar-refractivity contribution in [2.24, 2.45) is 0 Å². The SMILES string of the molecule is C=C1OC(=O)CCC1(c1ccccc1)c1ccccc1. The van der Waals surface area contributed by atoms with Crippen LogP contribution in [0.5, 0.6) is 0 Å². The van der Waals surface area contributed by atoms with E-state index < -0.39 is 5.41 Å². The number of carbonyl (C=O) groups is 1. The molecule has 3 rings (SSSR count). The molecule has 0 unspecified atom stereocenters. The summed E-state index contributed by atoms with van der Waals surface area (Å²) >= 11 is 0. The predicted octanol–water partition coefficient (Wildman–Crippen LogP) is 3.82. The predicted molar refractivity (Wildman–Crippen MR) is 78.1 cm³/mol. The molecule has 2 aromatic rings. The summed E-state index contributed by atoms with van der Waals surface area (Å²) in [5.41, 5.74) is 1.79. The first kappa shape index (κ1) is 12.7. The minimum atomic E-state index is -0.434. The van der Waals surface area contributed by atoms with Crippen LogP contribution in [-0.4, -0.2) is 5.97 Å². The molecule has 0 amide bonds. The quantitative estimate of drug-likeness (QED) is 0.771. The lowest BCUT2D eigenvalue weighted by molar-refractivity contribution is -0.143. The lowest BCUT2D eigenvalue weighted by Crippen LogP contribution is -2.36. The number of allylic oxidation sites excluding steroid dienone is 1. The van der Waals surface area contributed by atoms with E-state index in [-0.39, 0.29) is 5.97 Å². The Morgan fingerprint density at radius 3 is 1.85 bits per heavy atom. The molecule has 1 aliphatic rings. The largest absolute Gasteiger partial charge is 0.430 e. The molecule has 0 N–H and O–H groups in total. The number of hydrogen-bond acceptors (Lipinski definition) is 2. The van der Waals surface area contributed by atoms with Crippen LogP contribution >= 0.6 is 0 Å². The Kier molecular flexibility index (Phi) is 3.15. The Bertz CT molecular complexity index is 589. The highest BCUT2D eigenvalue weighted by Gasteiger charge is 2.42. The smallest absolute Gasteiger partial charge is 0.310 e. The first-order valence-corrected chi connectivity index (χ1v) is 6.74. The van der Waals surface area contributed by atoms with Crippen molar-refractivity contribution in [1.29, 1.82) is 0 Å². The van der Waals surface area contributed by atoms with Gasteiger partial charge in [0.1, 0.15) is 5.76 Å². The van der Waals surface area contributed by atoms with Crippen molar-refractivity contribution < 1.29 is 9.53 Å². The standard InChI is InChI=1S/C18H16O2/c1-14-18(13-12-17(19)20-14,15-8-4-2-5-9-15)16-10-6-3-7-11-16/h2-11H,1,12-13H2. The molecule has 0 spiro atoms. The van der Waals surface area contributed by atoms with Crippen LogP contribution in [0.2, 0.25) is 0 Å². The van der Waals surface area contributed by atoms with Crippen LogP contribution in [0.3, 0.4) is 0 Å². The number of cyclic esters (lactones) is 1. The van der Waals surface area contributed by atoms with E-state index in [0.29, 0.717) is 18.6 Å². The van der Waals surface area contributed by atoms with Gasteiger partial charge in [-0.25, -0.2) is 0 Å². The third-order valence-electron chi connectivity index (χ3n) is 3.95. The van der Waals surface area contributed by atoms with Crippen molar-refractivity contribution in [2.75, 3.05) is 0 Å². The summed E-state index contributed by atoms with van der Waals surface area (Å²) in [5, 5.41) is 0. The van der Waals surface area contributed by atoms with E-state index in [1.165, 1.54) is 0 Å². The van der Waals surface area contributed by atoms with Crippen molar-refractivity contribution >= 4 is 5.97 Å². The van der Waals surface area contributed by atoms with Crippen LogP contribution < -0.4 is 0 Å². The second-order valence-corrected chi connectivity index (χ2v) is 5.03. The zero-order valence-corrected chi connectivity index (χ0v) is 11.2. The van der Waals surface area contributed by atoms with Crippen molar-refractivity contribution in [3.05, 3.63) is 84.1 Å². The fourth-order valence-electron chi connectivity index (χ4n) is 2.93. The Morgan fingerprint density at radius 2 is 1.40 bits per heavy atom. The van der Waals surface area contributed by atoms with Crippen LogP contribution in [0.4, 0.5) is 0 Å². The van der Waals surface area contributed by atoms with Crippen LogP contribution in [0.15, 0.2) is 73.0 Å². The summed E-state index contributed by atoms with van der Waals surface area (Å²) < 4.78 is 5.38. The van der Waals surface area contributed by atoms with Gasteiger partial charge < -0.3 is 4.74 Å². The normalized spacial score (nSPS) is 17.6. The molecule has 0 saturated carbocycles. The molecular weight excluding hydrogens is 248 g/mol. The summed E-state index contributed by atoms with van der Waals surface area (Å²) in [6, 6.07) is 20.3. The molecule has 0 bridgehead atoms. The van der Waals surface area contributed by atoms with Gasteiger partial charge in [0.15, 0.2) is 0 Å². The van der Waals surface area contributed by atoms with Crippen molar-refractivity contribution in [3.63, 3.8) is 0 Å². The monoisotopic (exact) mass is 264 g/mol. The average Bonchev–Trinajstić information content (AvgIpc) is 2.50. The Morgan fingerprint density at radius 1 is 0.900 bits per heavy atom. The minimum absolute atomic E-state index is 0.197. The molecule has 100 valence electrons. The summed E-state index contributed by atoms with van der Waals surface area (Å²) in [6.07, 6.45) is 1.10. The Balaban J connectivity index is 2.18. The Labute approximate surface area is 118 Å². The van der Waals surface area contributed by atoms with Gasteiger partial charge in [0.25, 0.3) is 0 Å². The third-order valence-corrected chi connectivity index (χ3v) is 3.95. The fourth-order valence-corrected chi connectivity index (χ4v) is 2.93. The third kappa shape index (κ3) is 1.94. The van der Waals surface area contributed by atoms with Gasteiger partial charge in [-0.05, 0) is 17.5 Å². The lowest BCUT2D eigenvalue weighted by Gasteiger charge is -2.38.